The van der Waals surface area contributed by atoms with Gasteiger partial charge in [-0.3, -0.25) is 0 Å². The van der Waals surface area contributed by atoms with E-state index in [4.69, 9.17) is 9.47 Å². The summed E-state index contributed by atoms with van der Waals surface area (Å²) in [5.41, 5.74) is 1.83. The van der Waals surface area contributed by atoms with Gasteiger partial charge in [0.25, 0.3) is 0 Å². The maximum atomic E-state index is 6.06. The van der Waals surface area contributed by atoms with Crippen molar-refractivity contribution in [2.75, 3.05) is 13.2 Å². The van der Waals surface area contributed by atoms with E-state index in [1.807, 2.05) is 30.3 Å². The van der Waals surface area contributed by atoms with Gasteiger partial charge in [-0.15, -0.1) is 0 Å². The minimum Gasteiger partial charge on any atom is -0.490 e. The zero-order chi connectivity index (χ0) is 20.7. The fraction of sp³-hybridized carbons (Fsp3) is 0.600. The van der Waals surface area contributed by atoms with Gasteiger partial charge in [-0.25, -0.2) is 0 Å². The Balaban J connectivity index is 1.89. The molecule has 1 aromatic heterocycles. The van der Waals surface area contributed by atoms with Crippen LogP contribution in [0.15, 0.2) is 36.5 Å². The lowest BCUT2D eigenvalue weighted by atomic mass is 10.1. The summed E-state index contributed by atoms with van der Waals surface area (Å²) < 4.78 is 11.9. The van der Waals surface area contributed by atoms with Crippen LogP contribution in [0.25, 0.3) is 11.3 Å². The molecule has 0 aliphatic carbocycles. The summed E-state index contributed by atoms with van der Waals surface area (Å²) in [6.45, 7) is 7.91. The molecule has 2 rings (SSSR count). The van der Waals surface area contributed by atoms with Gasteiger partial charge in [0.05, 0.1) is 19.4 Å². The Hall–Kier alpha value is -2.10. The van der Waals surface area contributed by atoms with Crippen molar-refractivity contribution in [3.8, 4) is 23.0 Å². The molecule has 0 aliphatic rings. The number of benzene rings is 1. The van der Waals surface area contributed by atoms with Gasteiger partial charge in [0.1, 0.15) is 5.69 Å². The van der Waals surface area contributed by atoms with E-state index in [0.29, 0.717) is 25.1 Å². The van der Waals surface area contributed by atoms with Crippen LogP contribution in [0.1, 0.15) is 78.6 Å². The second-order valence-corrected chi connectivity index (χ2v) is 7.88. The molecule has 0 saturated heterocycles. The van der Waals surface area contributed by atoms with Crippen LogP contribution in [-0.2, 0) is 0 Å². The third-order valence-corrected chi connectivity index (χ3v) is 5.23. The van der Waals surface area contributed by atoms with Crippen LogP contribution in [0.4, 0.5) is 0 Å². The average Bonchev–Trinajstić information content (AvgIpc) is 2.77. The Morgan fingerprint density at radius 1 is 0.862 bits per heavy atom. The molecule has 0 fully saturated rings. The predicted octanol–water partition coefficient (Wildman–Crippen LogP) is 7.09. The van der Waals surface area contributed by atoms with Crippen molar-refractivity contribution in [2.45, 2.75) is 78.6 Å². The van der Waals surface area contributed by atoms with E-state index in [2.05, 4.69) is 30.7 Å². The summed E-state index contributed by atoms with van der Waals surface area (Å²) >= 11 is 0. The van der Waals surface area contributed by atoms with Crippen LogP contribution < -0.4 is 9.47 Å². The molecule has 160 valence electrons. The molecule has 0 aliphatic heterocycles. The molecule has 0 spiro atoms. The average molecular weight is 399 g/mol. The van der Waals surface area contributed by atoms with Crippen LogP contribution in [-0.4, -0.2) is 23.2 Å². The molecule has 29 heavy (non-hydrogen) atoms. The van der Waals surface area contributed by atoms with Crippen molar-refractivity contribution in [1.29, 1.82) is 0 Å². The van der Waals surface area contributed by atoms with Crippen molar-refractivity contribution in [3.63, 3.8) is 0 Å². The number of nitrogens with zero attached hydrogens (tertiary/aromatic N) is 2. The molecule has 1 atom stereocenters. The highest BCUT2D eigenvalue weighted by atomic mass is 16.5. The van der Waals surface area contributed by atoms with Gasteiger partial charge in [0, 0.05) is 5.56 Å². The summed E-state index contributed by atoms with van der Waals surface area (Å²) in [6.07, 6.45) is 13.1. The number of hydrogen-bond acceptors (Lipinski definition) is 4. The van der Waals surface area contributed by atoms with E-state index >= 15 is 0 Å². The van der Waals surface area contributed by atoms with Gasteiger partial charge in [0.15, 0.2) is 5.75 Å². The van der Waals surface area contributed by atoms with Gasteiger partial charge in [0.2, 0.25) is 0 Å². The quantitative estimate of drug-likeness (QED) is 0.300. The van der Waals surface area contributed by atoms with Crippen LogP contribution in [0, 0.1) is 5.92 Å². The molecule has 0 bridgehead atoms. The van der Waals surface area contributed by atoms with E-state index < -0.39 is 0 Å². The van der Waals surface area contributed by atoms with Gasteiger partial charge in [-0.1, -0.05) is 102 Å². The molecule has 1 heterocycles. The number of ether oxygens (including phenoxy) is 2. The zero-order valence-electron chi connectivity index (χ0n) is 18.5. The number of aromatic nitrogens is 2. The van der Waals surface area contributed by atoms with Crippen LogP contribution in [0.3, 0.4) is 0 Å². The predicted molar refractivity (Wildman–Crippen MR) is 121 cm³/mol. The topological polar surface area (TPSA) is 44.2 Å². The molecule has 1 aromatic carbocycles. The fourth-order valence-corrected chi connectivity index (χ4v) is 3.09. The van der Waals surface area contributed by atoms with Gasteiger partial charge < -0.3 is 9.47 Å². The Labute approximate surface area is 177 Å². The van der Waals surface area contributed by atoms with Crippen LogP contribution >= 0.6 is 0 Å². The standard InChI is InChI=1S/C25H38N2O2/c1-4-6-7-8-9-10-11-15-18-28-23-19-26-25(29-20-21(3)5-2)27-24(23)22-16-13-12-14-17-22/h12-14,16-17,19,21H,4-11,15,18,20H2,1-3H3. The second kappa shape index (κ2) is 14.0. The fourth-order valence-electron chi connectivity index (χ4n) is 3.09. The number of rotatable bonds is 15. The largest absolute Gasteiger partial charge is 0.490 e. The van der Waals surface area contributed by atoms with Crippen molar-refractivity contribution >= 4 is 0 Å². The molecule has 1 unspecified atom stereocenters. The Kier molecular flexibility index (Phi) is 11.2. The maximum absolute atomic E-state index is 6.06. The Morgan fingerprint density at radius 3 is 2.24 bits per heavy atom. The third kappa shape index (κ3) is 8.84. The molecule has 2 aromatic rings. The van der Waals surface area contributed by atoms with E-state index in [1.54, 1.807) is 6.20 Å². The SMILES string of the molecule is CCCCCCCCCCOc1cnc(OCC(C)CC)nc1-c1ccccc1. The van der Waals surface area contributed by atoms with E-state index in [1.165, 1.54) is 44.9 Å². The van der Waals surface area contributed by atoms with Gasteiger partial charge >= 0.3 is 6.01 Å². The molecular formula is C25H38N2O2. The van der Waals surface area contributed by atoms with E-state index in [-0.39, 0.29) is 0 Å². The molecule has 0 saturated carbocycles. The lowest BCUT2D eigenvalue weighted by Gasteiger charge is -2.13. The highest BCUT2D eigenvalue weighted by Gasteiger charge is 2.12. The van der Waals surface area contributed by atoms with Gasteiger partial charge in [-0.05, 0) is 12.3 Å². The van der Waals surface area contributed by atoms with Gasteiger partial charge in [-0.2, -0.15) is 9.97 Å². The lowest BCUT2D eigenvalue weighted by Crippen LogP contribution is -2.10. The summed E-state index contributed by atoms with van der Waals surface area (Å²) in [7, 11) is 0. The summed E-state index contributed by atoms with van der Waals surface area (Å²) in [5.74, 6) is 1.21. The molecule has 0 N–H and O–H groups in total. The minimum absolute atomic E-state index is 0.420. The van der Waals surface area contributed by atoms with Crippen molar-refractivity contribution < 1.29 is 9.47 Å². The van der Waals surface area contributed by atoms with Crippen molar-refractivity contribution in [1.82, 2.24) is 9.97 Å². The van der Waals surface area contributed by atoms with Crippen LogP contribution in [0.2, 0.25) is 0 Å². The Bertz CT molecular complexity index is 676. The third-order valence-electron chi connectivity index (χ3n) is 5.23. The first kappa shape index (κ1) is 23.2. The molecule has 0 radical (unpaired) electrons. The molecule has 4 nitrogen and oxygen atoms in total. The molecule has 0 amide bonds. The minimum atomic E-state index is 0.420. The maximum Gasteiger partial charge on any atom is 0.317 e. The first-order valence-electron chi connectivity index (χ1n) is 11.4. The zero-order valence-corrected chi connectivity index (χ0v) is 18.5. The Morgan fingerprint density at radius 2 is 1.55 bits per heavy atom. The number of unbranched alkanes of at least 4 members (excludes halogenated alkanes) is 7. The summed E-state index contributed by atoms with van der Waals surface area (Å²) in [5, 5.41) is 0. The first-order valence-corrected chi connectivity index (χ1v) is 11.4. The molecular weight excluding hydrogens is 360 g/mol. The van der Waals surface area contributed by atoms with E-state index in [9.17, 15) is 0 Å². The van der Waals surface area contributed by atoms with E-state index in [0.717, 1.165) is 29.8 Å². The van der Waals surface area contributed by atoms with Crippen LogP contribution in [0.5, 0.6) is 11.8 Å². The smallest absolute Gasteiger partial charge is 0.317 e. The normalized spacial score (nSPS) is 12.0. The van der Waals surface area contributed by atoms with Crippen molar-refractivity contribution in [2.24, 2.45) is 5.92 Å². The second-order valence-electron chi connectivity index (χ2n) is 7.88. The summed E-state index contributed by atoms with van der Waals surface area (Å²) in [6, 6.07) is 10.5. The lowest BCUT2D eigenvalue weighted by molar-refractivity contribution is 0.236. The summed E-state index contributed by atoms with van der Waals surface area (Å²) in [4.78, 5) is 9.02. The highest BCUT2D eigenvalue weighted by Crippen LogP contribution is 2.29. The van der Waals surface area contributed by atoms with Crippen molar-refractivity contribution in [3.05, 3.63) is 36.5 Å². The monoisotopic (exact) mass is 398 g/mol. The number of hydrogen-bond donors (Lipinski definition) is 0. The molecule has 4 heteroatoms. The highest BCUT2D eigenvalue weighted by molar-refractivity contribution is 5.65. The first-order chi connectivity index (χ1) is 14.2.